The molecule has 10 heteroatoms. The lowest BCUT2D eigenvalue weighted by Gasteiger charge is -2.15. The van der Waals surface area contributed by atoms with Gasteiger partial charge in [-0.15, -0.1) is 0 Å². The van der Waals surface area contributed by atoms with E-state index in [1.165, 1.54) is 30.3 Å². The van der Waals surface area contributed by atoms with E-state index in [-0.39, 0.29) is 27.7 Å². The summed E-state index contributed by atoms with van der Waals surface area (Å²) >= 11 is 6.11. The maximum absolute atomic E-state index is 12.9. The smallest absolute Gasteiger partial charge is 0.350 e. The monoisotopic (exact) mass is 485 g/mol. The summed E-state index contributed by atoms with van der Waals surface area (Å²) in [6.45, 7) is 0. The number of amides is 3. The molecule has 3 aromatic carbocycles. The van der Waals surface area contributed by atoms with Crippen LogP contribution in [0.15, 0.2) is 89.6 Å². The molecule has 2 N–H and O–H groups in total. The van der Waals surface area contributed by atoms with Crippen LogP contribution in [0, 0.1) is 0 Å². The number of hydrogen-bond donors (Lipinski definition) is 2. The van der Waals surface area contributed by atoms with Crippen molar-refractivity contribution in [1.82, 2.24) is 0 Å². The molecule has 0 radical (unpaired) electrons. The first-order chi connectivity index (χ1) is 16.1. The van der Waals surface area contributed by atoms with Gasteiger partial charge in [-0.3, -0.25) is 14.4 Å². The van der Waals surface area contributed by atoms with E-state index in [0.29, 0.717) is 5.69 Å². The Hall–Kier alpha value is -4.11. The van der Waals surface area contributed by atoms with Crippen molar-refractivity contribution in [3.63, 3.8) is 0 Å². The molecule has 0 bridgehead atoms. The number of rotatable bonds is 5. The third-order valence-electron chi connectivity index (χ3n) is 4.88. The first kappa shape index (κ1) is 23.1. The predicted molar refractivity (Wildman–Crippen MR) is 121 cm³/mol. The van der Waals surface area contributed by atoms with E-state index in [1.807, 2.05) is 0 Å². The summed E-state index contributed by atoms with van der Waals surface area (Å²) in [7, 11) is 0. The van der Waals surface area contributed by atoms with Crippen molar-refractivity contribution in [2.75, 3.05) is 15.5 Å². The van der Waals surface area contributed by atoms with Crippen molar-refractivity contribution >= 4 is 46.4 Å². The van der Waals surface area contributed by atoms with E-state index in [0.717, 1.165) is 17.0 Å². The molecule has 0 aliphatic carbocycles. The Labute approximate surface area is 196 Å². The molecule has 0 unspecified atom stereocenters. The normalized spacial score (nSPS) is 13.9. The van der Waals surface area contributed by atoms with E-state index >= 15 is 0 Å². The number of nitrogens with zero attached hydrogens (tertiary/aromatic N) is 1. The van der Waals surface area contributed by atoms with E-state index < -0.39 is 29.5 Å². The first-order valence-electron chi connectivity index (χ1n) is 9.84. The highest BCUT2D eigenvalue weighted by Gasteiger charge is 2.39. The highest BCUT2D eigenvalue weighted by Crippen LogP contribution is 2.32. The van der Waals surface area contributed by atoms with Crippen LogP contribution in [-0.2, 0) is 15.8 Å². The molecule has 0 saturated heterocycles. The Morgan fingerprint density at radius 3 is 2.21 bits per heavy atom. The van der Waals surface area contributed by atoms with Gasteiger partial charge in [0, 0.05) is 16.9 Å². The maximum Gasteiger partial charge on any atom is 0.416 e. The van der Waals surface area contributed by atoms with Crippen LogP contribution in [0.25, 0.3) is 0 Å². The largest absolute Gasteiger partial charge is 0.416 e. The SMILES string of the molecule is O=C(Nc1cccc(C(F)(F)F)c1)c1cccc(NC2=C(Cl)C(=O)N(c3ccccc3)C2=O)c1. The molecule has 3 amide bonds. The maximum atomic E-state index is 12.9. The fraction of sp³-hybridized carbons (Fsp3) is 0.0417. The summed E-state index contributed by atoms with van der Waals surface area (Å²) in [5.41, 5.74) is -0.349. The molecular weight excluding hydrogens is 471 g/mol. The second kappa shape index (κ2) is 9.03. The molecule has 1 heterocycles. The van der Waals surface area contributed by atoms with Gasteiger partial charge in [0.15, 0.2) is 0 Å². The first-order valence-corrected chi connectivity index (χ1v) is 10.2. The van der Waals surface area contributed by atoms with Crippen molar-refractivity contribution in [1.29, 1.82) is 0 Å². The minimum absolute atomic E-state index is 0.0287. The zero-order chi connectivity index (χ0) is 24.5. The molecule has 1 aliphatic rings. The van der Waals surface area contributed by atoms with Gasteiger partial charge in [-0.25, -0.2) is 4.90 Å². The average molecular weight is 486 g/mol. The molecule has 4 rings (SSSR count). The number of hydrogen-bond acceptors (Lipinski definition) is 4. The number of halogens is 4. The van der Waals surface area contributed by atoms with E-state index in [9.17, 15) is 27.6 Å². The van der Waals surface area contributed by atoms with Gasteiger partial charge in [0.05, 0.1) is 11.3 Å². The van der Waals surface area contributed by atoms with Crippen LogP contribution in [0.5, 0.6) is 0 Å². The lowest BCUT2D eigenvalue weighted by Crippen LogP contribution is -2.32. The van der Waals surface area contributed by atoms with E-state index in [2.05, 4.69) is 10.6 Å². The van der Waals surface area contributed by atoms with Gasteiger partial charge >= 0.3 is 6.18 Å². The third kappa shape index (κ3) is 4.65. The summed E-state index contributed by atoms with van der Waals surface area (Å²) in [5.74, 6) is -2.03. The molecule has 6 nitrogen and oxygen atoms in total. The number of carbonyl (C=O) groups is 3. The van der Waals surface area contributed by atoms with Gasteiger partial charge in [0.25, 0.3) is 17.7 Å². The van der Waals surface area contributed by atoms with Gasteiger partial charge < -0.3 is 10.6 Å². The van der Waals surface area contributed by atoms with Crippen molar-refractivity contribution in [2.24, 2.45) is 0 Å². The Morgan fingerprint density at radius 1 is 0.824 bits per heavy atom. The summed E-state index contributed by atoms with van der Waals surface area (Å²) in [5, 5.41) is 4.86. The van der Waals surface area contributed by atoms with E-state index in [1.54, 1.807) is 36.4 Å². The van der Waals surface area contributed by atoms with E-state index in [4.69, 9.17) is 11.6 Å². The van der Waals surface area contributed by atoms with Gasteiger partial charge in [-0.2, -0.15) is 13.2 Å². The van der Waals surface area contributed by atoms with Crippen LogP contribution < -0.4 is 15.5 Å². The summed E-state index contributed by atoms with van der Waals surface area (Å²) in [6.07, 6.45) is -4.55. The van der Waals surface area contributed by atoms with Crippen molar-refractivity contribution in [3.8, 4) is 0 Å². The minimum Gasteiger partial charge on any atom is -0.350 e. The molecule has 0 spiro atoms. The molecule has 0 aromatic heterocycles. The molecule has 3 aromatic rings. The predicted octanol–water partition coefficient (Wildman–Crippen LogP) is 5.39. The third-order valence-corrected chi connectivity index (χ3v) is 5.23. The Kier molecular flexibility index (Phi) is 6.12. The fourth-order valence-corrected chi connectivity index (χ4v) is 3.49. The number of nitrogens with one attached hydrogen (secondary N) is 2. The molecule has 172 valence electrons. The Bertz CT molecular complexity index is 1320. The van der Waals surface area contributed by atoms with Crippen LogP contribution >= 0.6 is 11.6 Å². The standard InChI is InChI=1S/C24H15ClF3N3O3/c25-19-20(23(34)31(22(19)33)18-10-2-1-3-11-18)29-16-8-4-6-14(12-16)21(32)30-17-9-5-7-15(13-17)24(26,27)28/h1-13,29H,(H,30,32). The van der Waals surface area contributed by atoms with Crippen LogP contribution in [0.2, 0.25) is 0 Å². The number of alkyl halides is 3. The Balaban J connectivity index is 1.52. The Morgan fingerprint density at radius 2 is 1.50 bits per heavy atom. The highest BCUT2D eigenvalue weighted by molar-refractivity contribution is 6.53. The molecule has 0 atom stereocenters. The lowest BCUT2D eigenvalue weighted by molar-refractivity contribution is -0.137. The van der Waals surface area contributed by atoms with Gasteiger partial charge in [0.2, 0.25) is 0 Å². The van der Waals surface area contributed by atoms with Gasteiger partial charge in [0.1, 0.15) is 10.7 Å². The van der Waals surface area contributed by atoms with Gasteiger partial charge in [-0.1, -0.05) is 41.9 Å². The molecular formula is C24H15ClF3N3O3. The fourth-order valence-electron chi connectivity index (χ4n) is 3.28. The number of anilines is 3. The molecule has 1 aliphatic heterocycles. The van der Waals surface area contributed by atoms with Crippen molar-refractivity contribution in [2.45, 2.75) is 6.18 Å². The van der Waals surface area contributed by atoms with Crippen LogP contribution in [-0.4, -0.2) is 17.7 Å². The average Bonchev–Trinajstić information content (AvgIpc) is 3.02. The minimum atomic E-state index is -4.55. The summed E-state index contributed by atoms with van der Waals surface area (Å²) in [4.78, 5) is 38.9. The molecule has 34 heavy (non-hydrogen) atoms. The van der Waals surface area contributed by atoms with Crippen LogP contribution in [0.4, 0.5) is 30.2 Å². The topological polar surface area (TPSA) is 78.5 Å². The van der Waals surface area contributed by atoms with Crippen molar-refractivity contribution < 1.29 is 27.6 Å². The zero-order valence-corrected chi connectivity index (χ0v) is 17.9. The second-order valence-electron chi connectivity index (χ2n) is 7.21. The van der Waals surface area contributed by atoms with Crippen molar-refractivity contribution in [3.05, 3.63) is 101 Å². The summed E-state index contributed by atoms with van der Waals surface area (Å²) in [6, 6.07) is 18.4. The van der Waals surface area contributed by atoms with Gasteiger partial charge in [-0.05, 0) is 48.5 Å². The number of benzene rings is 3. The molecule has 0 fully saturated rings. The second-order valence-corrected chi connectivity index (χ2v) is 7.59. The quantitative estimate of drug-likeness (QED) is 0.475. The molecule has 0 saturated carbocycles. The zero-order valence-electron chi connectivity index (χ0n) is 17.2. The number of para-hydroxylation sites is 1. The summed E-state index contributed by atoms with van der Waals surface area (Å²) < 4.78 is 38.7. The highest BCUT2D eigenvalue weighted by atomic mass is 35.5. The van der Waals surface area contributed by atoms with Crippen LogP contribution in [0.3, 0.4) is 0 Å². The lowest BCUT2D eigenvalue weighted by atomic mass is 10.1. The van der Waals surface area contributed by atoms with Crippen LogP contribution in [0.1, 0.15) is 15.9 Å². The number of carbonyl (C=O) groups excluding carboxylic acids is 3. The number of imide groups is 1.